The van der Waals surface area contributed by atoms with Crippen LogP contribution in [0.3, 0.4) is 0 Å². The Labute approximate surface area is 72.8 Å². The number of aliphatic hydroxyl groups excluding tert-OH is 1. The van der Waals surface area contributed by atoms with Crippen molar-refractivity contribution in [1.82, 2.24) is 0 Å². The molecule has 1 aromatic rings. The lowest BCUT2D eigenvalue weighted by atomic mass is 10.2. The standard InChI is InChI=1S/C10H14O2/c1-2-8-12-10(11)9-6-4-3-5-7-9/h3-7,10-11H,2,8H2,1H3. The Balaban J connectivity index is 2.48. The predicted molar refractivity (Wildman–Crippen MR) is 47.6 cm³/mol. The third-order valence-electron chi connectivity index (χ3n) is 1.56. The molecule has 0 saturated carbocycles. The molecule has 0 aliphatic heterocycles. The highest BCUT2D eigenvalue weighted by atomic mass is 16.6. The van der Waals surface area contributed by atoms with Gasteiger partial charge in [0.1, 0.15) is 0 Å². The second kappa shape index (κ2) is 4.91. The number of hydrogen-bond acceptors (Lipinski definition) is 2. The van der Waals surface area contributed by atoms with Gasteiger partial charge < -0.3 is 9.84 Å². The molecule has 0 saturated heterocycles. The fourth-order valence-corrected chi connectivity index (χ4v) is 0.943. The van der Waals surface area contributed by atoms with Crippen LogP contribution in [0.4, 0.5) is 0 Å². The molecule has 0 aliphatic carbocycles. The lowest BCUT2D eigenvalue weighted by Crippen LogP contribution is -2.03. The summed E-state index contributed by atoms with van der Waals surface area (Å²) in [6.07, 6.45) is 0.148. The molecule has 0 radical (unpaired) electrons. The summed E-state index contributed by atoms with van der Waals surface area (Å²) in [5.74, 6) is 0. The SMILES string of the molecule is CCCOC(O)c1ccccc1. The second-order valence-corrected chi connectivity index (χ2v) is 2.63. The molecule has 66 valence electrons. The zero-order valence-electron chi connectivity index (χ0n) is 7.23. The summed E-state index contributed by atoms with van der Waals surface area (Å²) >= 11 is 0. The zero-order chi connectivity index (χ0) is 8.81. The first-order valence-corrected chi connectivity index (χ1v) is 4.19. The van der Waals surface area contributed by atoms with Crippen molar-refractivity contribution in [3.63, 3.8) is 0 Å². The third-order valence-corrected chi connectivity index (χ3v) is 1.56. The van der Waals surface area contributed by atoms with Crippen molar-refractivity contribution in [2.75, 3.05) is 6.61 Å². The second-order valence-electron chi connectivity index (χ2n) is 2.63. The van der Waals surface area contributed by atoms with Gasteiger partial charge in [0.25, 0.3) is 0 Å². The number of hydrogen-bond donors (Lipinski definition) is 1. The van der Waals surface area contributed by atoms with E-state index in [1.54, 1.807) is 0 Å². The van der Waals surface area contributed by atoms with Gasteiger partial charge in [0.15, 0.2) is 6.29 Å². The molecule has 2 nitrogen and oxygen atoms in total. The van der Waals surface area contributed by atoms with E-state index in [0.717, 1.165) is 12.0 Å². The summed E-state index contributed by atoms with van der Waals surface area (Å²) in [6.45, 7) is 2.60. The van der Waals surface area contributed by atoms with Crippen LogP contribution in [-0.4, -0.2) is 11.7 Å². The van der Waals surface area contributed by atoms with Crippen molar-refractivity contribution in [2.45, 2.75) is 19.6 Å². The molecule has 0 heterocycles. The lowest BCUT2D eigenvalue weighted by molar-refractivity contribution is -0.102. The van der Waals surface area contributed by atoms with Crippen molar-refractivity contribution in [1.29, 1.82) is 0 Å². The molecule has 0 fully saturated rings. The van der Waals surface area contributed by atoms with Gasteiger partial charge in [0.2, 0.25) is 0 Å². The first kappa shape index (κ1) is 9.23. The van der Waals surface area contributed by atoms with Gasteiger partial charge in [0, 0.05) is 12.2 Å². The maximum atomic E-state index is 9.43. The average molecular weight is 166 g/mol. The smallest absolute Gasteiger partial charge is 0.181 e. The molecule has 1 unspecified atom stereocenters. The van der Waals surface area contributed by atoms with Gasteiger partial charge in [-0.05, 0) is 6.42 Å². The molecular formula is C10H14O2. The first-order valence-electron chi connectivity index (χ1n) is 4.19. The van der Waals surface area contributed by atoms with Gasteiger partial charge in [-0.25, -0.2) is 0 Å². The van der Waals surface area contributed by atoms with Gasteiger partial charge in [-0.15, -0.1) is 0 Å². The first-order chi connectivity index (χ1) is 5.84. The minimum atomic E-state index is -0.772. The summed E-state index contributed by atoms with van der Waals surface area (Å²) in [5.41, 5.74) is 0.811. The summed E-state index contributed by atoms with van der Waals surface area (Å²) in [5, 5.41) is 9.43. The number of rotatable bonds is 4. The Morgan fingerprint density at radius 1 is 1.33 bits per heavy atom. The van der Waals surface area contributed by atoms with Crippen molar-refractivity contribution in [3.8, 4) is 0 Å². The molecule has 1 N–H and O–H groups in total. The fraction of sp³-hybridized carbons (Fsp3) is 0.400. The topological polar surface area (TPSA) is 29.5 Å². The van der Waals surface area contributed by atoms with Gasteiger partial charge in [0.05, 0.1) is 0 Å². The van der Waals surface area contributed by atoms with Crippen LogP contribution in [0.15, 0.2) is 30.3 Å². The fourth-order valence-electron chi connectivity index (χ4n) is 0.943. The maximum absolute atomic E-state index is 9.43. The number of aliphatic hydroxyl groups is 1. The van der Waals surface area contributed by atoms with E-state index in [0.29, 0.717) is 6.61 Å². The number of ether oxygens (including phenoxy) is 1. The van der Waals surface area contributed by atoms with Crippen LogP contribution in [0.2, 0.25) is 0 Å². The van der Waals surface area contributed by atoms with Crippen molar-refractivity contribution in [3.05, 3.63) is 35.9 Å². The molecule has 1 atom stereocenters. The van der Waals surface area contributed by atoms with Crippen LogP contribution < -0.4 is 0 Å². The molecule has 1 rings (SSSR count). The van der Waals surface area contributed by atoms with Crippen LogP contribution in [0, 0.1) is 0 Å². The highest BCUT2D eigenvalue weighted by Crippen LogP contribution is 2.12. The monoisotopic (exact) mass is 166 g/mol. The van der Waals surface area contributed by atoms with Crippen molar-refractivity contribution < 1.29 is 9.84 Å². The molecule has 12 heavy (non-hydrogen) atoms. The molecule has 0 spiro atoms. The van der Waals surface area contributed by atoms with Gasteiger partial charge >= 0.3 is 0 Å². The summed E-state index contributed by atoms with van der Waals surface area (Å²) < 4.78 is 5.13. The molecule has 1 aromatic carbocycles. The van der Waals surface area contributed by atoms with Crippen LogP contribution >= 0.6 is 0 Å². The zero-order valence-corrected chi connectivity index (χ0v) is 7.23. The quantitative estimate of drug-likeness (QED) is 0.694. The summed E-state index contributed by atoms with van der Waals surface area (Å²) in [7, 11) is 0. The Kier molecular flexibility index (Phi) is 3.77. The summed E-state index contributed by atoms with van der Waals surface area (Å²) in [6, 6.07) is 9.37. The minimum absolute atomic E-state index is 0.593. The molecule has 0 aromatic heterocycles. The van der Waals surface area contributed by atoms with Gasteiger partial charge in [-0.3, -0.25) is 0 Å². The molecule has 0 aliphatic rings. The summed E-state index contributed by atoms with van der Waals surface area (Å²) in [4.78, 5) is 0. The van der Waals surface area contributed by atoms with Crippen LogP contribution in [-0.2, 0) is 4.74 Å². The highest BCUT2D eigenvalue weighted by Gasteiger charge is 2.04. The minimum Gasteiger partial charge on any atom is -0.364 e. The van der Waals surface area contributed by atoms with Crippen LogP contribution in [0.1, 0.15) is 25.2 Å². The maximum Gasteiger partial charge on any atom is 0.181 e. The average Bonchev–Trinajstić information content (AvgIpc) is 2.15. The molecule has 0 amide bonds. The number of benzene rings is 1. The van der Waals surface area contributed by atoms with E-state index in [1.807, 2.05) is 37.3 Å². The highest BCUT2D eigenvalue weighted by molar-refractivity contribution is 5.15. The van der Waals surface area contributed by atoms with E-state index >= 15 is 0 Å². The Bertz CT molecular complexity index is 208. The third kappa shape index (κ3) is 2.64. The molecule has 0 bridgehead atoms. The largest absolute Gasteiger partial charge is 0.364 e. The van der Waals surface area contributed by atoms with Gasteiger partial charge in [-0.2, -0.15) is 0 Å². The van der Waals surface area contributed by atoms with E-state index in [-0.39, 0.29) is 0 Å². The molecular weight excluding hydrogens is 152 g/mol. The lowest BCUT2D eigenvalue weighted by Gasteiger charge is -2.10. The van der Waals surface area contributed by atoms with E-state index in [1.165, 1.54) is 0 Å². The normalized spacial score (nSPS) is 12.8. The Morgan fingerprint density at radius 2 is 2.00 bits per heavy atom. The predicted octanol–water partition coefficient (Wildman–Crippen LogP) is 2.10. The Morgan fingerprint density at radius 3 is 2.58 bits per heavy atom. The van der Waals surface area contributed by atoms with E-state index in [4.69, 9.17) is 4.74 Å². The van der Waals surface area contributed by atoms with Crippen molar-refractivity contribution >= 4 is 0 Å². The van der Waals surface area contributed by atoms with Crippen LogP contribution in [0.5, 0.6) is 0 Å². The van der Waals surface area contributed by atoms with E-state index in [2.05, 4.69) is 0 Å². The van der Waals surface area contributed by atoms with Gasteiger partial charge in [-0.1, -0.05) is 37.3 Å². The van der Waals surface area contributed by atoms with Crippen LogP contribution in [0.25, 0.3) is 0 Å². The van der Waals surface area contributed by atoms with Crippen molar-refractivity contribution in [2.24, 2.45) is 0 Å². The van der Waals surface area contributed by atoms with E-state index < -0.39 is 6.29 Å². The Hall–Kier alpha value is -0.860. The van der Waals surface area contributed by atoms with E-state index in [9.17, 15) is 5.11 Å². The molecule has 2 heteroatoms.